The fraction of sp³-hybridized carbons (Fsp3) is 0.600. The summed E-state index contributed by atoms with van der Waals surface area (Å²) >= 11 is 0. The Morgan fingerprint density at radius 3 is 2.59 bits per heavy atom. The number of amides is 1. The van der Waals surface area contributed by atoms with Gasteiger partial charge in [0.1, 0.15) is 0 Å². The number of hydrogen-bond donors (Lipinski definition) is 3. The first kappa shape index (κ1) is 23.5. The fourth-order valence-corrected chi connectivity index (χ4v) is 2.94. The third kappa shape index (κ3) is 8.81. The summed E-state index contributed by atoms with van der Waals surface area (Å²) in [4.78, 5) is 18.3. The van der Waals surface area contributed by atoms with Gasteiger partial charge in [-0.2, -0.15) is 0 Å². The molecule has 1 heterocycles. The van der Waals surface area contributed by atoms with E-state index in [-0.39, 0.29) is 29.9 Å². The second kappa shape index (κ2) is 13.6. The summed E-state index contributed by atoms with van der Waals surface area (Å²) in [6.45, 7) is 8.77. The van der Waals surface area contributed by atoms with Crippen molar-refractivity contribution in [1.29, 1.82) is 0 Å². The average molecular weight is 487 g/mol. The number of piperazine rings is 1. The lowest BCUT2D eigenvalue weighted by Crippen LogP contribution is -2.47. The summed E-state index contributed by atoms with van der Waals surface area (Å²) < 4.78 is 0. The van der Waals surface area contributed by atoms with Gasteiger partial charge in [-0.05, 0) is 31.0 Å². The number of nitrogens with one attached hydrogen (secondary N) is 3. The number of nitrogens with zero attached hydrogens (tertiary/aromatic N) is 2. The van der Waals surface area contributed by atoms with E-state index in [4.69, 9.17) is 0 Å². The van der Waals surface area contributed by atoms with Crippen molar-refractivity contribution in [2.45, 2.75) is 46.1 Å². The molecular formula is C20H34IN5O. The maximum atomic E-state index is 11.5. The molecule has 27 heavy (non-hydrogen) atoms. The van der Waals surface area contributed by atoms with Gasteiger partial charge in [0.05, 0.1) is 13.1 Å². The average Bonchev–Trinajstić information content (AvgIpc) is 2.66. The van der Waals surface area contributed by atoms with Crippen molar-refractivity contribution in [3.63, 3.8) is 0 Å². The Bertz CT molecular complexity index is 576. The molecule has 0 aliphatic carbocycles. The van der Waals surface area contributed by atoms with Gasteiger partial charge in [-0.25, -0.2) is 4.99 Å². The maximum Gasteiger partial charge on any atom is 0.239 e. The largest absolute Gasteiger partial charge is 0.360 e. The maximum absolute atomic E-state index is 11.5. The van der Waals surface area contributed by atoms with Gasteiger partial charge in [-0.15, -0.1) is 24.0 Å². The van der Waals surface area contributed by atoms with Crippen LogP contribution < -0.4 is 20.9 Å². The van der Waals surface area contributed by atoms with E-state index in [1.54, 1.807) is 0 Å². The lowest BCUT2D eigenvalue weighted by atomic mass is 10.2. The lowest BCUT2D eigenvalue weighted by molar-refractivity contribution is -0.120. The zero-order valence-electron chi connectivity index (χ0n) is 16.6. The van der Waals surface area contributed by atoms with E-state index in [2.05, 4.69) is 64.0 Å². The Morgan fingerprint density at radius 1 is 1.15 bits per heavy atom. The van der Waals surface area contributed by atoms with Crippen molar-refractivity contribution < 1.29 is 4.79 Å². The van der Waals surface area contributed by atoms with Gasteiger partial charge in [0, 0.05) is 31.9 Å². The number of carbonyl (C=O) groups is 1. The molecule has 0 radical (unpaired) electrons. The van der Waals surface area contributed by atoms with Crippen LogP contribution >= 0.6 is 24.0 Å². The zero-order valence-corrected chi connectivity index (χ0v) is 18.9. The molecule has 2 rings (SSSR count). The highest BCUT2D eigenvalue weighted by Gasteiger charge is 2.16. The summed E-state index contributed by atoms with van der Waals surface area (Å²) in [5, 5.41) is 9.56. The van der Waals surface area contributed by atoms with E-state index >= 15 is 0 Å². The summed E-state index contributed by atoms with van der Waals surface area (Å²) in [6.07, 6.45) is 4.99. The number of rotatable bonds is 9. The van der Waals surface area contributed by atoms with E-state index in [1.165, 1.54) is 31.2 Å². The van der Waals surface area contributed by atoms with E-state index in [9.17, 15) is 4.79 Å². The van der Waals surface area contributed by atoms with Gasteiger partial charge in [-0.3, -0.25) is 4.79 Å². The molecule has 0 atom stereocenters. The first-order chi connectivity index (χ1) is 12.7. The highest BCUT2D eigenvalue weighted by molar-refractivity contribution is 14.0. The van der Waals surface area contributed by atoms with Crippen LogP contribution in [0.25, 0.3) is 0 Å². The SMILES string of the molecule is CCCCCCNC(=NCc1ccc(N2CCNC(=O)C2)cc1)NCC.I. The quantitative estimate of drug-likeness (QED) is 0.217. The monoisotopic (exact) mass is 487 g/mol. The Kier molecular flexibility index (Phi) is 11.9. The molecule has 1 amide bonds. The van der Waals surface area contributed by atoms with Crippen LogP contribution in [0.5, 0.6) is 0 Å². The molecule has 0 saturated carbocycles. The molecule has 1 aliphatic rings. The van der Waals surface area contributed by atoms with E-state index in [1.807, 2.05) is 0 Å². The van der Waals surface area contributed by atoms with Crippen molar-refractivity contribution >= 4 is 41.5 Å². The molecule has 1 aromatic rings. The molecule has 1 saturated heterocycles. The molecular weight excluding hydrogens is 453 g/mol. The zero-order chi connectivity index (χ0) is 18.6. The van der Waals surface area contributed by atoms with Crippen LogP contribution in [0.3, 0.4) is 0 Å². The second-order valence-electron chi connectivity index (χ2n) is 6.62. The fourth-order valence-electron chi connectivity index (χ4n) is 2.94. The minimum absolute atomic E-state index is 0. The van der Waals surface area contributed by atoms with E-state index < -0.39 is 0 Å². The molecule has 1 aliphatic heterocycles. The Balaban J connectivity index is 0.00000364. The summed E-state index contributed by atoms with van der Waals surface area (Å²) in [6, 6.07) is 8.34. The first-order valence-corrected chi connectivity index (χ1v) is 9.85. The molecule has 1 aromatic carbocycles. The van der Waals surface area contributed by atoms with E-state index in [0.717, 1.165) is 31.3 Å². The normalized spacial score (nSPS) is 14.4. The van der Waals surface area contributed by atoms with Crippen molar-refractivity contribution in [3.05, 3.63) is 29.8 Å². The summed E-state index contributed by atoms with van der Waals surface area (Å²) in [5.74, 6) is 0.964. The van der Waals surface area contributed by atoms with Crippen molar-refractivity contribution in [3.8, 4) is 0 Å². The van der Waals surface area contributed by atoms with Crippen molar-refractivity contribution in [1.82, 2.24) is 16.0 Å². The number of anilines is 1. The number of halogens is 1. The molecule has 0 aromatic heterocycles. The van der Waals surface area contributed by atoms with Gasteiger partial charge in [-0.1, -0.05) is 38.3 Å². The van der Waals surface area contributed by atoms with Crippen LogP contribution in [0.1, 0.15) is 45.1 Å². The molecule has 7 heteroatoms. The van der Waals surface area contributed by atoms with Crippen LogP contribution in [-0.4, -0.2) is 44.6 Å². The van der Waals surface area contributed by atoms with Crippen LogP contribution in [0.2, 0.25) is 0 Å². The Morgan fingerprint density at radius 2 is 1.93 bits per heavy atom. The predicted molar refractivity (Wildman–Crippen MR) is 124 cm³/mol. The Labute approximate surface area is 180 Å². The molecule has 3 N–H and O–H groups in total. The number of guanidine groups is 1. The smallest absolute Gasteiger partial charge is 0.239 e. The number of aliphatic imine (C=N–C) groups is 1. The summed E-state index contributed by atoms with van der Waals surface area (Å²) in [7, 11) is 0. The van der Waals surface area contributed by atoms with Crippen LogP contribution in [0.15, 0.2) is 29.3 Å². The molecule has 6 nitrogen and oxygen atoms in total. The molecule has 0 unspecified atom stereocenters. The lowest BCUT2D eigenvalue weighted by Gasteiger charge is -2.28. The van der Waals surface area contributed by atoms with Gasteiger partial charge in [0.25, 0.3) is 0 Å². The van der Waals surface area contributed by atoms with Crippen LogP contribution in [0, 0.1) is 0 Å². The topological polar surface area (TPSA) is 68.8 Å². The van der Waals surface area contributed by atoms with E-state index in [0.29, 0.717) is 19.6 Å². The highest BCUT2D eigenvalue weighted by Crippen LogP contribution is 2.16. The number of benzene rings is 1. The predicted octanol–water partition coefficient (Wildman–Crippen LogP) is 2.88. The standard InChI is InChI=1S/C20H33N5O.HI/c1-3-5-6-7-12-23-20(21-4-2)24-15-17-8-10-18(11-9-17)25-14-13-22-19(26)16-25;/h8-11H,3-7,12-16H2,1-2H3,(H,22,26)(H2,21,23,24);1H. The van der Waals surface area contributed by atoms with Crippen molar-refractivity contribution in [2.75, 3.05) is 37.6 Å². The second-order valence-corrected chi connectivity index (χ2v) is 6.62. The summed E-state index contributed by atoms with van der Waals surface area (Å²) in [5.41, 5.74) is 2.26. The first-order valence-electron chi connectivity index (χ1n) is 9.85. The van der Waals surface area contributed by atoms with Crippen LogP contribution in [-0.2, 0) is 11.3 Å². The molecule has 152 valence electrons. The highest BCUT2D eigenvalue weighted by atomic mass is 127. The molecule has 1 fully saturated rings. The Hall–Kier alpha value is -1.51. The minimum Gasteiger partial charge on any atom is -0.360 e. The minimum atomic E-state index is 0. The van der Waals surface area contributed by atoms with Gasteiger partial charge < -0.3 is 20.9 Å². The number of unbranched alkanes of at least 4 members (excludes halogenated alkanes) is 3. The molecule has 0 spiro atoms. The molecule has 0 bridgehead atoms. The third-order valence-electron chi connectivity index (χ3n) is 4.43. The van der Waals surface area contributed by atoms with Gasteiger partial charge in [0.2, 0.25) is 5.91 Å². The van der Waals surface area contributed by atoms with Crippen molar-refractivity contribution in [2.24, 2.45) is 4.99 Å². The third-order valence-corrected chi connectivity index (χ3v) is 4.43. The van der Waals surface area contributed by atoms with Crippen LogP contribution in [0.4, 0.5) is 5.69 Å². The number of hydrogen-bond acceptors (Lipinski definition) is 3. The van der Waals surface area contributed by atoms with Gasteiger partial charge in [0.15, 0.2) is 5.96 Å². The van der Waals surface area contributed by atoms with Gasteiger partial charge >= 0.3 is 0 Å². The number of carbonyl (C=O) groups excluding carboxylic acids is 1.